The Labute approximate surface area is 181 Å². The molecule has 0 spiro atoms. The molecule has 0 aliphatic carbocycles. The van der Waals surface area contributed by atoms with Crippen LogP contribution in [-0.4, -0.2) is 72.1 Å². The van der Waals surface area contributed by atoms with Crippen LogP contribution < -0.4 is 27.4 Å². The van der Waals surface area contributed by atoms with Crippen LogP contribution in [0.15, 0.2) is 0 Å². The van der Waals surface area contributed by atoms with Crippen molar-refractivity contribution in [1.29, 1.82) is 0 Å². The second kappa shape index (κ2) is 14.3. The summed E-state index contributed by atoms with van der Waals surface area (Å²) in [6, 6.07) is -4.42. The first-order chi connectivity index (χ1) is 14.4. The average Bonchev–Trinajstić information content (AvgIpc) is 2.68. The van der Waals surface area contributed by atoms with Crippen LogP contribution in [0.4, 0.5) is 0 Å². The molecule has 0 heterocycles. The summed E-state index contributed by atoms with van der Waals surface area (Å²) in [5.74, 6) is -3.40. The molecule has 0 radical (unpaired) electrons. The Kier molecular flexibility index (Phi) is 13.0. The van der Waals surface area contributed by atoms with Crippen molar-refractivity contribution in [2.75, 3.05) is 13.2 Å². The van der Waals surface area contributed by atoms with Crippen LogP contribution in [0.3, 0.4) is 0 Å². The lowest BCUT2D eigenvalue weighted by Crippen LogP contribution is -2.58. The predicted molar refractivity (Wildman–Crippen MR) is 111 cm³/mol. The van der Waals surface area contributed by atoms with Crippen molar-refractivity contribution in [3.05, 3.63) is 0 Å². The standard InChI is InChI=1S/C19H35N5O7/c1-5-31-15(26)7-6-12(20)17(28)24-14(9-25)19(30)23-13(8-10(2)3)18(29)22-11(4)16(21)27/h10-14,25H,5-9,20H2,1-4H3,(H2,21,27)(H,22,29)(H,23,30)(H,24,28)/t11-,12-,13-,14-/m0/s1. The van der Waals surface area contributed by atoms with Gasteiger partial charge >= 0.3 is 5.97 Å². The van der Waals surface area contributed by atoms with E-state index in [4.69, 9.17) is 16.2 Å². The number of rotatable bonds is 14. The van der Waals surface area contributed by atoms with Gasteiger partial charge in [-0.1, -0.05) is 13.8 Å². The minimum Gasteiger partial charge on any atom is -0.466 e. The van der Waals surface area contributed by atoms with Crippen LogP contribution >= 0.6 is 0 Å². The topological polar surface area (TPSA) is 203 Å². The van der Waals surface area contributed by atoms with E-state index in [0.717, 1.165) is 0 Å². The first kappa shape index (κ1) is 28.3. The minimum absolute atomic E-state index is 0.00613. The van der Waals surface area contributed by atoms with E-state index in [1.54, 1.807) is 6.92 Å². The van der Waals surface area contributed by atoms with E-state index in [1.165, 1.54) is 6.92 Å². The molecule has 31 heavy (non-hydrogen) atoms. The maximum atomic E-state index is 12.5. The zero-order chi connectivity index (χ0) is 24.1. The number of nitrogens with two attached hydrogens (primary N) is 2. The molecule has 0 saturated heterocycles. The fourth-order valence-electron chi connectivity index (χ4n) is 2.47. The molecule has 0 unspecified atom stereocenters. The van der Waals surface area contributed by atoms with Crippen LogP contribution in [0.25, 0.3) is 0 Å². The summed E-state index contributed by atoms with van der Waals surface area (Å²) >= 11 is 0. The number of carbonyl (C=O) groups excluding carboxylic acids is 5. The largest absolute Gasteiger partial charge is 0.466 e. The van der Waals surface area contributed by atoms with Crippen LogP contribution in [0.2, 0.25) is 0 Å². The van der Waals surface area contributed by atoms with E-state index in [9.17, 15) is 29.1 Å². The Morgan fingerprint density at radius 2 is 1.48 bits per heavy atom. The zero-order valence-electron chi connectivity index (χ0n) is 18.5. The highest BCUT2D eigenvalue weighted by Crippen LogP contribution is 2.06. The molecule has 0 aromatic heterocycles. The molecule has 12 nitrogen and oxygen atoms in total. The van der Waals surface area contributed by atoms with Gasteiger partial charge < -0.3 is 37.3 Å². The molecule has 0 saturated carbocycles. The van der Waals surface area contributed by atoms with Crippen LogP contribution in [0.5, 0.6) is 0 Å². The third kappa shape index (κ3) is 11.3. The Morgan fingerprint density at radius 1 is 0.935 bits per heavy atom. The Bertz CT molecular complexity index is 641. The van der Waals surface area contributed by atoms with E-state index < -0.39 is 60.4 Å². The molecule has 0 rings (SSSR count). The average molecular weight is 446 g/mol. The maximum absolute atomic E-state index is 12.5. The Balaban J connectivity index is 5.00. The summed E-state index contributed by atoms with van der Waals surface area (Å²) < 4.78 is 4.76. The number of aliphatic hydroxyl groups excluding tert-OH is 1. The summed E-state index contributed by atoms with van der Waals surface area (Å²) in [5.41, 5.74) is 10.9. The number of hydrogen-bond acceptors (Lipinski definition) is 8. The number of hydrogen-bond donors (Lipinski definition) is 6. The van der Waals surface area contributed by atoms with Crippen LogP contribution in [-0.2, 0) is 28.7 Å². The highest BCUT2D eigenvalue weighted by atomic mass is 16.5. The molecule has 0 aliphatic heterocycles. The molecule has 4 atom stereocenters. The fourth-order valence-corrected chi connectivity index (χ4v) is 2.47. The van der Waals surface area contributed by atoms with Crippen molar-refractivity contribution in [3.63, 3.8) is 0 Å². The van der Waals surface area contributed by atoms with Gasteiger partial charge in [0.1, 0.15) is 18.1 Å². The van der Waals surface area contributed by atoms with Gasteiger partial charge in [0.15, 0.2) is 0 Å². The highest BCUT2D eigenvalue weighted by Gasteiger charge is 2.29. The smallest absolute Gasteiger partial charge is 0.305 e. The monoisotopic (exact) mass is 445 g/mol. The second-order valence-corrected chi connectivity index (χ2v) is 7.52. The number of ether oxygens (including phenoxy) is 1. The molecule has 0 fully saturated rings. The molecule has 0 aromatic carbocycles. The van der Waals surface area contributed by atoms with Crippen molar-refractivity contribution in [1.82, 2.24) is 16.0 Å². The van der Waals surface area contributed by atoms with E-state index in [1.807, 2.05) is 13.8 Å². The van der Waals surface area contributed by atoms with Gasteiger partial charge in [-0.2, -0.15) is 0 Å². The van der Waals surface area contributed by atoms with E-state index in [0.29, 0.717) is 0 Å². The summed E-state index contributed by atoms with van der Waals surface area (Å²) in [4.78, 5) is 59.7. The molecule has 12 heteroatoms. The van der Waals surface area contributed by atoms with Crippen molar-refractivity contribution in [2.45, 2.75) is 71.1 Å². The van der Waals surface area contributed by atoms with Gasteiger partial charge in [-0.25, -0.2) is 0 Å². The normalized spacial score (nSPS) is 14.7. The van der Waals surface area contributed by atoms with Gasteiger partial charge in [0, 0.05) is 6.42 Å². The zero-order valence-corrected chi connectivity index (χ0v) is 18.5. The SMILES string of the molecule is CCOC(=O)CC[C@H](N)C(=O)N[C@@H](CO)C(=O)N[C@@H](CC(C)C)C(=O)N[C@@H](C)C(N)=O. The van der Waals surface area contributed by atoms with Crippen molar-refractivity contribution < 1.29 is 33.8 Å². The number of esters is 1. The second-order valence-electron chi connectivity index (χ2n) is 7.52. The molecule has 8 N–H and O–H groups in total. The summed E-state index contributed by atoms with van der Waals surface area (Å²) in [6.45, 7) is 6.18. The molecule has 178 valence electrons. The molecular formula is C19H35N5O7. The minimum atomic E-state index is -1.36. The number of carbonyl (C=O) groups is 5. The van der Waals surface area contributed by atoms with E-state index in [-0.39, 0.29) is 31.8 Å². The van der Waals surface area contributed by atoms with Gasteiger partial charge in [-0.15, -0.1) is 0 Å². The van der Waals surface area contributed by atoms with Crippen molar-refractivity contribution in [3.8, 4) is 0 Å². The van der Waals surface area contributed by atoms with Gasteiger partial charge in [-0.3, -0.25) is 24.0 Å². The van der Waals surface area contributed by atoms with Gasteiger partial charge in [0.05, 0.1) is 19.3 Å². The van der Waals surface area contributed by atoms with Gasteiger partial charge in [0.2, 0.25) is 23.6 Å². The number of nitrogens with one attached hydrogen (secondary N) is 3. The third-order valence-electron chi connectivity index (χ3n) is 4.24. The number of amides is 4. The van der Waals surface area contributed by atoms with Gasteiger partial charge in [0.25, 0.3) is 0 Å². The Hall–Kier alpha value is -2.73. The first-order valence-corrected chi connectivity index (χ1v) is 10.1. The van der Waals surface area contributed by atoms with E-state index >= 15 is 0 Å². The van der Waals surface area contributed by atoms with E-state index in [2.05, 4.69) is 16.0 Å². The molecule has 4 amide bonds. The molecule has 0 bridgehead atoms. The summed E-state index contributed by atoms with van der Waals surface area (Å²) in [5, 5.41) is 16.7. The Morgan fingerprint density at radius 3 is 1.97 bits per heavy atom. The van der Waals surface area contributed by atoms with Crippen molar-refractivity contribution in [2.24, 2.45) is 17.4 Å². The first-order valence-electron chi connectivity index (χ1n) is 10.1. The molecular weight excluding hydrogens is 410 g/mol. The summed E-state index contributed by atoms with van der Waals surface area (Å²) in [6.07, 6.45) is 0.162. The lowest BCUT2D eigenvalue weighted by atomic mass is 10.0. The third-order valence-corrected chi connectivity index (χ3v) is 4.24. The van der Waals surface area contributed by atoms with Crippen LogP contribution in [0, 0.1) is 5.92 Å². The predicted octanol–water partition coefficient (Wildman–Crippen LogP) is -2.34. The maximum Gasteiger partial charge on any atom is 0.305 e. The van der Waals surface area contributed by atoms with Crippen LogP contribution in [0.1, 0.15) is 47.0 Å². The highest BCUT2D eigenvalue weighted by molar-refractivity contribution is 5.94. The van der Waals surface area contributed by atoms with Gasteiger partial charge in [-0.05, 0) is 32.6 Å². The lowest BCUT2D eigenvalue weighted by Gasteiger charge is -2.25. The number of primary amides is 1. The van der Waals surface area contributed by atoms with Crippen molar-refractivity contribution >= 4 is 29.6 Å². The fraction of sp³-hybridized carbons (Fsp3) is 0.737. The quantitative estimate of drug-likeness (QED) is 0.159. The number of aliphatic hydroxyl groups is 1. The lowest BCUT2D eigenvalue weighted by molar-refractivity contribution is -0.143. The summed E-state index contributed by atoms with van der Waals surface area (Å²) in [7, 11) is 0. The molecule has 0 aromatic rings. The molecule has 0 aliphatic rings.